The Morgan fingerprint density at radius 3 is 3.07 bits per heavy atom. The molecule has 6 heteroatoms. The van der Waals surface area contributed by atoms with Crippen molar-refractivity contribution in [2.24, 2.45) is 0 Å². The monoisotopic (exact) mass is 229 g/mol. The highest BCUT2D eigenvalue weighted by atomic mass is 32.2. The molecule has 0 radical (unpaired) electrons. The van der Waals surface area contributed by atoms with Gasteiger partial charge in [0.15, 0.2) is 0 Å². The van der Waals surface area contributed by atoms with Crippen molar-refractivity contribution in [1.82, 2.24) is 15.2 Å². The highest BCUT2D eigenvalue weighted by Crippen LogP contribution is 2.13. The molecule has 15 heavy (non-hydrogen) atoms. The summed E-state index contributed by atoms with van der Waals surface area (Å²) >= 11 is 1.37. The number of hydrogen-bond acceptors (Lipinski definition) is 4. The number of H-pyrrole nitrogens is 1. The molecular formula is C9H15N3O2S. The third-order valence-electron chi connectivity index (χ3n) is 1.83. The minimum atomic E-state index is -0.788. The smallest absolute Gasteiger partial charge is 0.304 e. The number of carboxylic acids is 1. The highest BCUT2D eigenvalue weighted by Gasteiger charge is 2.04. The van der Waals surface area contributed by atoms with Gasteiger partial charge in [0, 0.05) is 12.2 Å². The van der Waals surface area contributed by atoms with Crippen LogP contribution in [0.5, 0.6) is 0 Å². The molecule has 0 spiro atoms. The van der Waals surface area contributed by atoms with Gasteiger partial charge in [0.2, 0.25) is 5.16 Å². The number of rotatable bonds is 7. The minimum Gasteiger partial charge on any atom is -0.481 e. The van der Waals surface area contributed by atoms with Crippen molar-refractivity contribution in [3.63, 3.8) is 0 Å². The Balaban J connectivity index is 2.29. The first-order chi connectivity index (χ1) is 7.22. The Hall–Kier alpha value is -1.04. The second-order valence-corrected chi connectivity index (χ2v) is 4.22. The Bertz CT molecular complexity index is 314. The van der Waals surface area contributed by atoms with Crippen molar-refractivity contribution >= 4 is 17.7 Å². The van der Waals surface area contributed by atoms with Gasteiger partial charge in [-0.1, -0.05) is 25.1 Å². The van der Waals surface area contributed by atoms with Crippen molar-refractivity contribution in [2.45, 2.75) is 37.8 Å². The number of aliphatic carboxylic acids is 1. The van der Waals surface area contributed by atoms with Crippen LogP contribution in [0.2, 0.25) is 0 Å². The van der Waals surface area contributed by atoms with Crippen LogP contribution in [-0.4, -0.2) is 32.0 Å². The van der Waals surface area contributed by atoms with E-state index in [1.54, 1.807) is 0 Å². The molecular weight excluding hydrogens is 214 g/mol. The van der Waals surface area contributed by atoms with Gasteiger partial charge in [-0.3, -0.25) is 9.89 Å². The first-order valence-corrected chi connectivity index (χ1v) is 5.96. The number of hydrogen-bond donors (Lipinski definition) is 2. The maximum atomic E-state index is 10.3. The van der Waals surface area contributed by atoms with E-state index in [0.29, 0.717) is 10.9 Å². The molecule has 0 atom stereocenters. The van der Waals surface area contributed by atoms with E-state index in [9.17, 15) is 4.79 Å². The molecule has 0 bridgehead atoms. The van der Waals surface area contributed by atoms with Crippen LogP contribution < -0.4 is 0 Å². The van der Waals surface area contributed by atoms with Crippen LogP contribution in [0.15, 0.2) is 5.16 Å². The largest absolute Gasteiger partial charge is 0.481 e. The second-order valence-electron chi connectivity index (χ2n) is 3.16. The molecule has 1 heterocycles. The number of aromatic nitrogens is 3. The van der Waals surface area contributed by atoms with Gasteiger partial charge >= 0.3 is 5.97 Å². The fourth-order valence-electron chi connectivity index (χ4n) is 1.03. The topological polar surface area (TPSA) is 78.9 Å². The number of carboxylic acid groups (broad SMARTS) is 1. The lowest BCUT2D eigenvalue weighted by molar-refractivity contribution is -0.136. The van der Waals surface area contributed by atoms with Crippen LogP contribution >= 0.6 is 11.8 Å². The van der Waals surface area contributed by atoms with E-state index < -0.39 is 5.97 Å². The third-order valence-corrected chi connectivity index (χ3v) is 2.67. The molecule has 0 aliphatic rings. The van der Waals surface area contributed by atoms with Crippen molar-refractivity contribution < 1.29 is 9.90 Å². The molecule has 0 fully saturated rings. The summed E-state index contributed by atoms with van der Waals surface area (Å²) < 4.78 is 0. The first-order valence-electron chi connectivity index (χ1n) is 4.98. The van der Waals surface area contributed by atoms with E-state index in [-0.39, 0.29) is 6.42 Å². The summed E-state index contributed by atoms with van der Waals surface area (Å²) in [6.07, 6.45) is 3.27. The molecule has 0 saturated carbocycles. The van der Waals surface area contributed by atoms with Gasteiger partial charge in [-0.2, -0.15) is 0 Å². The standard InChI is InChI=1S/C9H15N3O2S/c1-2-3-4-7-10-9(12-11-7)15-6-5-8(13)14/h2-6H2,1H3,(H,13,14)(H,10,11,12). The number of carbonyl (C=O) groups is 1. The molecule has 0 unspecified atom stereocenters. The van der Waals surface area contributed by atoms with Gasteiger partial charge in [0.05, 0.1) is 6.42 Å². The summed E-state index contributed by atoms with van der Waals surface area (Å²) in [5, 5.41) is 15.9. The van der Waals surface area contributed by atoms with Crippen LogP contribution in [0, 0.1) is 0 Å². The predicted octanol–water partition coefficient (Wildman–Crippen LogP) is 1.71. The first kappa shape index (κ1) is 12.0. The maximum Gasteiger partial charge on any atom is 0.304 e. The normalized spacial score (nSPS) is 10.5. The molecule has 1 aromatic rings. The summed E-state index contributed by atoms with van der Waals surface area (Å²) in [5.74, 6) is 0.611. The molecule has 0 aromatic carbocycles. The van der Waals surface area contributed by atoms with Gasteiger partial charge in [-0.05, 0) is 6.42 Å². The Morgan fingerprint density at radius 1 is 1.60 bits per heavy atom. The van der Waals surface area contributed by atoms with Crippen molar-refractivity contribution in [2.75, 3.05) is 5.75 Å². The van der Waals surface area contributed by atoms with E-state index in [1.165, 1.54) is 11.8 Å². The minimum absolute atomic E-state index is 0.142. The molecule has 1 aromatic heterocycles. The zero-order valence-corrected chi connectivity index (χ0v) is 9.51. The van der Waals surface area contributed by atoms with Crippen molar-refractivity contribution in [3.8, 4) is 0 Å². The van der Waals surface area contributed by atoms with E-state index in [1.807, 2.05) is 0 Å². The van der Waals surface area contributed by atoms with Crippen LogP contribution in [0.25, 0.3) is 0 Å². The third kappa shape index (κ3) is 4.83. The molecule has 0 amide bonds. The summed E-state index contributed by atoms with van der Waals surface area (Å²) in [4.78, 5) is 14.5. The molecule has 0 aliphatic carbocycles. The maximum absolute atomic E-state index is 10.3. The van der Waals surface area contributed by atoms with E-state index in [0.717, 1.165) is 25.1 Å². The van der Waals surface area contributed by atoms with Gasteiger partial charge < -0.3 is 5.11 Å². The SMILES string of the molecule is CCCCc1nc(SCCC(=O)O)n[nH]1. The zero-order chi connectivity index (χ0) is 11.1. The van der Waals surface area contributed by atoms with E-state index >= 15 is 0 Å². The quantitative estimate of drug-likeness (QED) is 0.696. The second kappa shape index (κ2) is 6.44. The zero-order valence-electron chi connectivity index (χ0n) is 8.69. The van der Waals surface area contributed by atoms with E-state index in [4.69, 9.17) is 5.11 Å². The van der Waals surface area contributed by atoms with Gasteiger partial charge in [-0.25, -0.2) is 4.98 Å². The predicted molar refractivity (Wildman–Crippen MR) is 58.0 cm³/mol. The average molecular weight is 229 g/mol. The number of aromatic amines is 1. The number of aryl methyl sites for hydroxylation is 1. The molecule has 0 aliphatic heterocycles. The fourth-order valence-corrected chi connectivity index (χ4v) is 1.77. The van der Waals surface area contributed by atoms with Crippen molar-refractivity contribution in [3.05, 3.63) is 5.82 Å². The molecule has 84 valence electrons. The molecule has 5 nitrogen and oxygen atoms in total. The van der Waals surface area contributed by atoms with Crippen LogP contribution in [0.3, 0.4) is 0 Å². The van der Waals surface area contributed by atoms with E-state index in [2.05, 4.69) is 22.1 Å². The lowest BCUT2D eigenvalue weighted by Gasteiger charge is -1.92. The highest BCUT2D eigenvalue weighted by molar-refractivity contribution is 7.99. The Morgan fingerprint density at radius 2 is 2.40 bits per heavy atom. The summed E-state index contributed by atoms with van der Waals surface area (Å²) in [7, 11) is 0. The Kier molecular flexibility index (Phi) is 5.17. The molecule has 0 saturated heterocycles. The summed E-state index contributed by atoms with van der Waals surface area (Å²) in [6, 6.07) is 0. The number of nitrogens with one attached hydrogen (secondary N) is 1. The van der Waals surface area contributed by atoms with Crippen LogP contribution in [-0.2, 0) is 11.2 Å². The van der Waals surface area contributed by atoms with Crippen molar-refractivity contribution in [1.29, 1.82) is 0 Å². The molecule has 1 rings (SSSR count). The lowest BCUT2D eigenvalue weighted by atomic mass is 10.2. The van der Waals surface area contributed by atoms with Gasteiger partial charge in [0.1, 0.15) is 5.82 Å². The summed E-state index contributed by atoms with van der Waals surface area (Å²) in [6.45, 7) is 2.12. The van der Waals surface area contributed by atoms with Crippen LogP contribution in [0.4, 0.5) is 0 Å². The Labute approximate surface area is 92.7 Å². The number of thioether (sulfide) groups is 1. The molecule has 2 N–H and O–H groups in total. The summed E-state index contributed by atoms with van der Waals surface area (Å²) in [5.41, 5.74) is 0. The number of nitrogens with zero attached hydrogens (tertiary/aromatic N) is 2. The fraction of sp³-hybridized carbons (Fsp3) is 0.667. The van der Waals surface area contributed by atoms with Crippen LogP contribution in [0.1, 0.15) is 32.0 Å². The van der Waals surface area contributed by atoms with Gasteiger partial charge in [-0.15, -0.1) is 5.10 Å². The van der Waals surface area contributed by atoms with Gasteiger partial charge in [0.25, 0.3) is 0 Å². The lowest BCUT2D eigenvalue weighted by Crippen LogP contribution is -1.96. The number of unbranched alkanes of at least 4 members (excludes halogenated alkanes) is 1. The average Bonchev–Trinajstić information content (AvgIpc) is 2.62.